The summed E-state index contributed by atoms with van der Waals surface area (Å²) in [6.07, 6.45) is 14.4. The summed E-state index contributed by atoms with van der Waals surface area (Å²) in [5, 5.41) is 9.04. The highest BCUT2D eigenvalue weighted by Gasteiger charge is 2.16. The van der Waals surface area contributed by atoms with E-state index in [4.69, 9.17) is 0 Å². The molecule has 2 aliphatic carbocycles. The average molecular weight is 323 g/mol. The predicted molar refractivity (Wildman–Crippen MR) is 92.3 cm³/mol. The van der Waals surface area contributed by atoms with Gasteiger partial charge in [0.2, 0.25) is 5.91 Å². The fourth-order valence-electron chi connectivity index (χ4n) is 3.66. The second-order valence-electron chi connectivity index (χ2n) is 7.09. The molecule has 2 fully saturated rings. The first kappa shape index (κ1) is 18.1. The first-order valence-corrected chi connectivity index (χ1v) is 9.58. The number of carbonyl (C=O) groups excluding carboxylic acids is 2. The maximum Gasteiger partial charge on any atom is 0.315 e. The van der Waals surface area contributed by atoms with Gasteiger partial charge in [-0.1, -0.05) is 44.9 Å². The zero-order valence-corrected chi connectivity index (χ0v) is 14.4. The van der Waals surface area contributed by atoms with Crippen molar-refractivity contribution in [2.45, 2.75) is 95.6 Å². The van der Waals surface area contributed by atoms with Crippen LogP contribution in [0.2, 0.25) is 0 Å². The zero-order valence-electron chi connectivity index (χ0n) is 14.4. The Balaban J connectivity index is 1.50. The first-order chi connectivity index (χ1) is 11.2. The number of urea groups is 1. The second-order valence-corrected chi connectivity index (χ2v) is 7.09. The molecule has 5 heteroatoms. The molecule has 23 heavy (non-hydrogen) atoms. The Hall–Kier alpha value is -1.26. The van der Waals surface area contributed by atoms with Gasteiger partial charge in [0.1, 0.15) is 0 Å². The van der Waals surface area contributed by atoms with Gasteiger partial charge in [-0.2, -0.15) is 0 Å². The van der Waals surface area contributed by atoms with E-state index in [1.165, 1.54) is 44.9 Å². The SMILES string of the molecule is O=C(CCCNC(=O)NC1CCCCC1)NC1CCCCCC1. The molecule has 2 saturated carbocycles. The van der Waals surface area contributed by atoms with Crippen LogP contribution in [0, 0.1) is 0 Å². The summed E-state index contributed by atoms with van der Waals surface area (Å²) in [5.74, 6) is 0.131. The van der Waals surface area contributed by atoms with Gasteiger partial charge in [-0.15, -0.1) is 0 Å². The van der Waals surface area contributed by atoms with Crippen LogP contribution in [0.1, 0.15) is 83.5 Å². The molecule has 0 aliphatic heterocycles. The van der Waals surface area contributed by atoms with E-state index in [0.717, 1.165) is 25.7 Å². The van der Waals surface area contributed by atoms with Crippen molar-refractivity contribution in [2.24, 2.45) is 0 Å². The third kappa shape index (κ3) is 7.71. The van der Waals surface area contributed by atoms with Crippen molar-refractivity contribution in [3.8, 4) is 0 Å². The van der Waals surface area contributed by atoms with Gasteiger partial charge in [0.15, 0.2) is 0 Å². The van der Waals surface area contributed by atoms with Crippen molar-refractivity contribution >= 4 is 11.9 Å². The van der Waals surface area contributed by atoms with Gasteiger partial charge >= 0.3 is 6.03 Å². The van der Waals surface area contributed by atoms with Crippen LogP contribution in [0.5, 0.6) is 0 Å². The average Bonchev–Trinajstić information content (AvgIpc) is 2.81. The summed E-state index contributed by atoms with van der Waals surface area (Å²) in [6, 6.07) is 0.621. The molecule has 5 nitrogen and oxygen atoms in total. The molecule has 3 amide bonds. The molecule has 0 unspecified atom stereocenters. The van der Waals surface area contributed by atoms with Crippen molar-refractivity contribution in [3.63, 3.8) is 0 Å². The van der Waals surface area contributed by atoms with Gasteiger partial charge in [0, 0.05) is 25.0 Å². The molecule has 3 N–H and O–H groups in total. The van der Waals surface area contributed by atoms with Gasteiger partial charge in [-0.05, 0) is 32.1 Å². The number of nitrogens with one attached hydrogen (secondary N) is 3. The number of amides is 3. The van der Waals surface area contributed by atoms with E-state index in [1.807, 2.05) is 0 Å². The number of hydrogen-bond acceptors (Lipinski definition) is 2. The van der Waals surface area contributed by atoms with Crippen LogP contribution in [0.25, 0.3) is 0 Å². The highest BCUT2D eigenvalue weighted by Crippen LogP contribution is 2.18. The van der Waals surface area contributed by atoms with Crippen LogP contribution >= 0.6 is 0 Å². The lowest BCUT2D eigenvalue weighted by Crippen LogP contribution is -2.43. The summed E-state index contributed by atoms with van der Waals surface area (Å²) < 4.78 is 0. The standard InChI is InChI=1S/C18H33N3O2/c22-17(20-15-9-4-1-2-5-10-15)13-8-14-19-18(23)21-16-11-6-3-7-12-16/h15-16H,1-14H2,(H,20,22)(H2,19,21,23). The van der Waals surface area contributed by atoms with E-state index in [9.17, 15) is 9.59 Å². The lowest BCUT2D eigenvalue weighted by Gasteiger charge is -2.22. The summed E-state index contributed by atoms with van der Waals surface area (Å²) in [7, 11) is 0. The van der Waals surface area contributed by atoms with Gasteiger partial charge in [-0.25, -0.2) is 4.79 Å². The van der Waals surface area contributed by atoms with Gasteiger partial charge < -0.3 is 16.0 Å². The Morgan fingerprint density at radius 1 is 0.739 bits per heavy atom. The Morgan fingerprint density at radius 3 is 1.87 bits per heavy atom. The van der Waals surface area contributed by atoms with Crippen LogP contribution in [-0.4, -0.2) is 30.6 Å². The summed E-state index contributed by atoms with van der Waals surface area (Å²) in [5.41, 5.74) is 0. The molecule has 0 aromatic heterocycles. The predicted octanol–water partition coefficient (Wildman–Crippen LogP) is 3.24. The van der Waals surface area contributed by atoms with Crippen molar-refractivity contribution in [3.05, 3.63) is 0 Å². The highest BCUT2D eigenvalue weighted by molar-refractivity contribution is 5.76. The Morgan fingerprint density at radius 2 is 1.26 bits per heavy atom. The molecular formula is C18H33N3O2. The van der Waals surface area contributed by atoms with Crippen molar-refractivity contribution in [2.75, 3.05) is 6.54 Å². The summed E-state index contributed by atoms with van der Waals surface area (Å²) >= 11 is 0. The topological polar surface area (TPSA) is 70.2 Å². The number of carbonyl (C=O) groups is 2. The van der Waals surface area contributed by atoms with E-state index in [-0.39, 0.29) is 11.9 Å². The minimum Gasteiger partial charge on any atom is -0.353 e. The monoisotopic (exact) mass is 323 g/mol. The second kappa shape index (κ2) is 10.5. The van der Waals surface area contributed by atoms with E-state index >= 15 is 0 Å². The van der Waals surface area contributed by atoms with E-state index < -0.39 is 0 Å². The lowest BCUT2D eigenvalue weighted by atomic mass is 9.96. The highest BCUT2D eigenvalue weighted by atomic mass is 16.2. The van der Waals surface area contributed by atoms with Crippen molar-refractivity contribution < 1.29 is 9.59 Å². The van der Waals surface area contributed by atoms with Crippen molar-refractivity contribution in [1.82, 2.24) is 16.0 Å². The molecule has 132 valence electrons. The first-order valence-electron chi connectivity index (χ1n) is 9.58. The van der Waals surface area contributed by atoms with Gasteiger partial charge in [-0.3, -0.25) is 4.79 Å². The van der Waals surface area contributed by atoms with E-state index in [1.54, 1.807) is 0 Å². The smallest absolute Gasteiger partial charge is 0.315 e. The zero-order chi connectivity index (χ0) is 16.3. The van der Waals surface area contributed by atoms with E-state index in [0.29, 0.717) is 31.5 Å². The van der Waals surface area contributed by atoms with Crippen molar-refractivity contribution in [1.29, 1.82) is 0 Å². The van der Waals surface area contributed by atoms with Crippen LogP contribution in [0.3, 0.4) is 0 Å². The minimum atomic E-state index is -0.0823. The quantitative estimate of drug-likeness (QED) is 0.519. The minimum absolute atomic E-state index is 0.0823. The summed E-state index contributed by atoms with van der Waals surface area (Å²) in [4.78, 5) is 23.7. The molecule has 0 saturated heterocycles. The van der Waals surface area contributed by atoms with Crippen LogP contribution in [0.15, 0.2) is 0 Å². The molecule has 0 aromatic rings. The molecular weight excluding hydrogens is 290 g/mol. The van der Waals surface area contributed by atoms with Crippen LogP contribution in [-0.2, 0) is 4.79 Å². The van der Waals surface area contributed by atoms with Gasteiger partial charge in [0.25, 0.3) is 0 Å². The van der Waals surface area contributed by atoms with Crippen LogP contribution < -0.4 is 16.0 Å². The molecule has 0 heterocycles. The molecule has 2 aliphatic rings. The molecule has 0 aromatic carbocycles. The normalized spacial score (nSPS) is 20.5. The molecule has 0 radical (unpaired) electrons. The molecule has 0 atom stereocenters. The van der Waals surface area contributed by atoms with Crippen LogP contribution in [0.4, 0.5) is 4.79 Å². The third-order valence-electron chi connectivity index (χ3n) is 5.03. The maximum absolute atomic E-state index is 11.9. The Labute approximate surface area is 140 Å². The molecule has 2 rings (SSSR count). The Kier molecular flexibility index (Phi) is 8.26. The fraction of sp³-hybridized carbons (Fsp3) is 0.889. The summed E-state index contributed by atoms with van der Waals surface area (Å²) in [6.45, 7) is 0.566. The largest absolute Gasteiger partial charge is 0.353 e. The number of hydrogen-bond donors (Lipinski definition) is 3. The Bertz CT molecular complexity index is 359. The molecule has 0 bridgehead atoms. The third-order valence-corrected chi connectivity index (χ3v) is 5.03. The maximum atomic E-state index is 11.9. The van der Waals surface area contributed by atoms with Gasteiger partial charge in [0.05, 0.1) is 0 Å². The molecule has 0 spiro atoms. The fourth-order valence-corrected chi connectivity index (χ4v) is 3.66. The van der Waals surface area contributed by atoms with E-state index in [2.05, 4.69) is 16.0 Å². The number of rotatable bonds is 6. The lowest BCUT2D eigenvalue weighted by molar-refractivity contribution is -0.121.